The highest BCUT2D eigenvalue weighted by Gasteiger charge is 2.37. The Kier molecular flexibility index (Phi) is 3.23. The molecule has 0 bridgehead atoms. The average molecular weight is 171 g/mol. The number of rotatable bonds is 6. The van der Waals surface area contributed by atoms with Gasteiger partial charge in [0.1, 0.15) is 12.4 Å². The summed E-state index contributed by atoms with van der Waals surface area (Å²) in [5.41, 5.74) is 5.91. The lowest BCUT2D eigenvalue weighted by Crippen LogP contribution is -2.25. The van der Waals surface area contributed by atoms with Crippen LogP contribution in [-0.2, 0) is 9.53 Å². The summed E-state index contributed by atoms with van der Waals surface area (Å²) in [6.45, 7) is 2.49. The Morgan fingerprint density at radius 2 is 2.33 bits per heavy atom. The molecule has 0 spiro atoms. The van der Waals surface area contributed by atoms with Gasteiger partial charge >= 0.3 is 0 Å². The summed E-state index contributed by atoms with van der Waals surface area (Å²) in [7, 11) is 0. The number of aldehydes is 1. The van der Waals surface area contributed by atoms with E-state index in [0.717, 1.165) is 32.0 Å². The maximum atomic E-state index is 10.5. The largest absolute Gasteiger partial charge is 0.371 e. The van der Waals surface area contributed by atoms with Gasteiger partial charge in [-0.2, -0.15) is 0 Å². The second-order valence-electron chi connectivity index (χ2n) is 3.53. The zero-order valence-electron chi connectivity index (χ0n) is 7.58. The number of carbonyl (C=O) groups is 1. The molecule has 12 heavy (non-hydrogen) atoms. The molecule has 1 unspecified atom stereocenters. The van der Waals surface area contributed by atoms with Crippen LogP contribution in [0.1, 0.15) is 32.6 Å². The maximum Gasteiger partial charge on any atom is 0.148 e. The SMILES string of the molecule is CCOC(C=O)CCC1(N)CC1. The molecular formula is C9H17NO2. The molecule has 1 aliphatic rings. The molecular weight excluding hydrogens is 154 g/mol. The molecule has 2 N–H and O–H groups in total. The topological polar surface area (TPSA) is 52.3 Å². The summed E-state index contributed by atoms with van der Waals surface area (Å²) in [5.74, 6) is 0. The Bertz CT molecular complexity index is 155. The van der Waals surface area contributed by atoms with Crippen molar-refractivity contribution >= 4 is 6.29 Å². The van der Waals surface area contributed by atoms with Crippen LogP contribution in [0.4, 0.5) is 0 Å². The van der Waals surface area contributed by atoms with Crippen LogP contribution < -0.4 is 5.73 Å². The summed E-state index contributed by atoms with van der Waals surface area (Å²) in [6, 6.07) is 0. The second-order valence-corrected chi connectivity index (χ2v) is 3.53. The molecule has 0 heterocycles. The third-order valence-corrected chi connectivity index (χ3v) is 2.35. The van der Waals surface area contributed by atoms with Crippen molar-refractivity contribution < 1.29 is 9.53 Å². The molecule has 1 saturated carbocycles. The van der Waals surface area contributed by atoms with Gasteiger partial charge in [-0.05, 0) is 32.6 Å². The molecule has 1 rings (SSSR count). The molecule has 70 valence electrons. The Morgan fingerprint density at radius 1 is 1.67 bits per heavy atom. The van der Waals surface area contributed by atoms with Crippen LogP contribution in [0.5, 0.6) is 0 Å². The van der Waals surface area contributed by atoms with Crippen LogP contribution in [0.3, 0.4) is 0 Å². The van der Waals surface area contributed by atoms with Crippen molar-refractivity contribution in [3.63, 3.8) is 0 Å². The minimum atomic E-state index is -0.240. The molecule has 1 atom stereocenters. The molecule has 0 aliphatic heterocycles. The Labute approximate surface area is 73.3 Å². The first-order valence-corrected chi connectivity index (χ1v) is 4.56. The van der Waals surface area contributed by atoms with Gasteiger partial charge in [-0.25, -0.2) is 0 Å². The van der Waals surface area contributed by atoms with E-state index < -0.39 is 0 Å². The Hall–Kier alpha value is -0.410. The average Bonchev–Trinajstić information content (AvgIpc) is 2.78. The molecule has 3 nitrogen and oxygen atoms in total. The zero-order chi connectivity index (χ0) is 9.03. The fourth-order valence-corrected chi connectivity index (χ4v) is 1.25. The van der Waals surface area contributed by atoms with Crippen molar-refractivity contribution in [1.29, 1.82) is 0 Å². The number of hydrogen-bond donors (Lipinski definition) is 1. The molecule has 0 aromatic carbocycles. The van der Waals surface area contributed by atoms with Gasteiger partial charge in [0.25, 0.3) is 0 Å². The second kappa shape index (κ2) is 4.01. The summed E-state index contributed by atoms with van der Waals surface area (Å²) < 4.78 is 5.19. The monoisotopic (exact) mass is 171 g/mol. The van der Waals surface area contributed by atoms with E-state index in [1.807, 2.05) is 6.92 Å². The van der Waals surface area contributed by atoms with Crippen LogP contribution in [0.2, 0.25) is 0 Å². The van der Waals surface area contributed by atoms with Crippen molar-refractivity contribution in [1.82, 2.24) is 0 Å². The van der Waals surface area contributed by atoms with Crippen molar-refractivity contribution in [2.45, 2.75) is 44.2 Å². The fraction of sp³-hybridized carbons (Fsp3) is 0.889. The standard InChI is InChI=1S/C9H17NO2/c1-2-12-8(7-11)3-4-9(10)5-6-9/h7-8H,2-6,10H2,1H3. The lowest BCUT2D eigenvalue weighted by atomic mass is 10.1. The summed E-state index contributed by atoms with van der Waals surface area (Å²) in [5, 5.41) is 0. The van der Waals surface area contributed by atoms with Crippen LogP contribution in [-0.4, -0.2) is 24.5 Å². The number of ether oxygens (including phenoxy) is 1. The van der Waals surface area contributed by atoms with E-state index in [1.165, 1.54) is 0 Å². The lowest BCUT2D eigenvalue weighted by Gasteiger charge is -2.12. The molecule has 0 saturated heterocycles. The predicted molar refractivity (Wildman–Crippen MR) is 46.9 cm³/mol. The summed E-state index contributed by atoms with van der Waals surface area (Å²) in [4.78, 5) is 10.5. The molecule has 1 aliphatic carbocycles. The highest BCUT2D eigenvalue weighted by molar-refractivity contribution is 5.55. The van der Waals surface area contributed by atoms with Crippen molar-refractivity contribution in [2.24, 2.45) is 5.73 Å². The fourth-order valence-electron chi connectivity index (χ4n) is 1.25. The van der Waals surface area contributed by atoms with Crippen molar-refractivity contribution in [3.05, 3.63) is 0 Å². The van der Waals surface area contributed by atoms with E-state index in [0.29, 0.717) is 6.61 Å². The zero-order valence-corrected chi connectivity index (χ0v) is 7.58. The van der Waals surface area contributed by atoms with Gasteiger partial charge in [-0.3, -0.25) is 0 Å². The maximum absolute atomic E-state index is 10.5. The minimum Gasteiger partial charge on any atom is -0.371 e. The first kappa shape index (κ1) is 9.68. The molecule has 1 fully saturated rings. The van der Waals surface area contributed by atoms with E-state index >= 15 is 0 Å². The van der Waals surface area contributed by atoms with E-state index in [9.17, 15) is 4.79 Å². The highest BCUT2D eigenvalue weighted by Crippen LogP contribution is 2.36. The van der Waals surface area contributed by atoms with Gasteiger partial charge in [-0.1, -0.05) is 0 Å². The molecule has 0 aromatic rings. The number of nitrogens with two attached hydrogens (primary N) is 1. The van der Waals surface area contributed by atoms with Crippen LogP contribution in [0, 0.1) is 0 Å². The molecule has 0 aromatic heterocycles. The van der Waals surface area contributed by atoms with Crippen LogP contribution in [0.25, 0.3) is 0 Å². The summed E-state index contributed by atoms with van der Waals surface area (Å²) >= 11 is 0. The normalized spacial score (nSPS) is 21.8. The van der Waals surface area contributed by atoms with Crippen LogP contribution >= 0.6 is 0 Å². The van der Waals surface area contributed by atoms with E-state index in [-0.39, 0.29) is 11.6 Å². The third-order valence-electron chi connectivity index (χ3n) is 2.35. The first-order valence-electron chi connectivity index (χ1n) is 4.56. The molecule has 0 amide bonds. The van der Waals surface area contributed by atoms with Gasteiger partial charge in [0, 0.05) is 12.1 Å². The van der Waals surface area contributed by atoms with Gasteiger partial charge in [0.2, 0.25) is 0 Å². The first-order chi connectivity index (χ1) is 5.70. The van der Waals surface area contributed by atoms with E-state index in [1.54, 1.807) is 0 Å². The van der Waals surface area contributed by atoms with Gasteiger partial charge in [0.15, 0.2) is 0 Å². The molecule has 3 heteroatoms. The third kappa shape index (κ3) is 2.91. The van der Waals surface area contributed by atoms with E-state index in [2.05, 4.69) is 0 Å². The number of hydrogen-bond acceptors (Lipinski definition) is 3. The van der Waals surface area contributed by atoms with Crippen molar-refractivity contribution in [2.75, 3.05) is 6.61 Å². The van der Waals surface area contributed by atoms with Gasteiger partial charge in [-0.15, -0.1) is 0 Å². The van der Waals surface area contributed by atoms with E-state index in [4.69, 9.17) is 10.5 Å². The van der Waals surface area contributed by atoms with Crippen molar-refractivity contribution in [3.8, 4) is 0 Å². The molecule has 0 radical (unpaired) electrons. The quantitative estimate of drug-likeness (QED) is 0.603. The van der Waals surface area contributed by atoms with Crippen LogP contribution in [0.15, 0.2) is 0 Å². The Morgan fingerprint density at radius 3 is 2.75 bits per heavy atom. The summed E-state index contributed by atoms with van der Waals surface area (Å²) in [6.07, 6.45) is 4.52. The smallest absolute Gasteiger partial charge is 0.148 e. The Balaban J connectivity index is 2.14. The highest BCUT2D eigenvalue weighted by atomic mass is 16.5. The number of carbonyl (C=O) groups excluding carboxylic acids is 1. The lowest BCUT2D eigenvalue weighted by molar-refractivity contribution is -0.118. The van der Waals surface area contributed by atoms with Gasteiger partial charge < -0.3 is 15.3 Å². The van der Waals surface area contributed by atoms with Gasteiger partial charge in [0.05, 0.1) is 0 Å². The minimum absolute atomic E-state index is 0.0400. The predicted octanol–water partition coefficient (Wildman–Crippen LogP) is 0.862.